The van der Waals surface area contributed by atoms with Crippen LogP contribution in [-0.2, 0) is 14.8 Å². The van der Waals surface area contributed by atoms with Crippen molar-refractivity contribution < 1.29 is 13.2 Å². The van der Waals surface area contributed by atoms with Crippen LogP contribution in [0.2, 0.25) is 5.02 Å². The van der Waals surface area contributed by atoms with E-state index >= 15 is 0 Å². The molecule has 0 spiro atoms. The van der Waals surface area contributed by atoms with Crippen molar-refractivity contribution in [1.29, 1.82) is 0 Å². The van der Waals surface area contributed by atoms with Gasteiger partial charge in [-0.15, -0.1) is 0 Å². The Morgan fingerprint density at radius 3 is 2.39 bits per heavy atom. The van der Waals surface area contributed by atoms with Crippen molar-refractivity contribution in [3.63, 3.8) is 0 Å². The molecule has 31 heavy (non-hydrogen) atoms. The van der Waals surface area contributed by atoms with Crippen LogP contribution in [0.3, 0.4) is 0 Å². The van der Waals surface area contributed by atoms with Gasteiger partial charge in [-0.05, 0) is 68.5 Å². The van der Waals surface area contributed by atoms with Crippen molar-refractivity contribution in [2.75, 3.05) is 35.1 Å². The Morgan fingerprint density at radius 1 is 1.13 bits per heavy atom. The Bertz CT molecular complexity index is 1020. The molecule has 1 saturated heterocycles. The van der Waals surface area contributed by atoms with Crippen molar-refractivity contribution in [1.82, 2.24) is 5.32 Å². The van der Waals surface area contributed by atoms with E-state index in [4.69, 9.17) is 11.6 Å². The molecule has 2 aromatic carbocycles. The summed E-state index contributed by atoms with van der Waals surface area (Å²) in [6.07, 6.45) is 4.81. The van der Waals surface area contributed by atoms with Gasteiger partial charge in [0.15, 0.2) is 0 Å². The third-order valence-electron chi connectivity index (χ3n) is 5.69. The standard InChI is InChI=1S/C23H30ClN3O3S/c1-17-21(24)8-7-9-22(17)27(31(3,29)30)16-23(28)25-18(2)19-10-12-20(13-11-19)26-14-5-4-6-15-26/h7-13,18H,4-6,14-16H2,1-3H3,(H,25,28). The van der Waals surface area contributed by atoms with Gasteiger partial charge < -0.3 is 10.2 Å². The van der Waals surface area contributed by atoms with Crippen LogP contribution in [0.25, 0.3) is 0 Å². The molecular weight excluding hydrogens is 434 g/mol. The molecule has 1 heterocycles. The number of hydrogen-bond donors (Lipinski definition) is 1. The van der Waals surface area contributed by atoms with Gasteiger partial charge in [0.1, 0.15) is 6.54 Å². The summed E-state index contributed by atoms with van der Waals surface area (Å²) in [5.41, 5.74) is 3.19. The topological polar surface area (TPSA) is 69.7 Å². The molecular formula is C23H30ClN3O3S. The number of halogens is 1. The molecule has 1 atom stereocenters. The Morgan fingerprint density at radius 2 is 1.77 bits per heavy atom. The zero-order valence-electron chi connectivity index (χ0n) is 18.3. The lowest BCUT2D eigenvalue weighted by atomic mass is 10.1. The summed E-state index contributed by atoms with van der Waals surface area (Å²) in [4.78, 5) is 15.1. The molecule has 168 valence electrons. The molecule has 1 unspecified atom stereocenters. The fourth-order valence-corrected chi connectivity index (χ4v) is 4.95. The summed E-state index contributed by atoms with van der Waals surface area (Å²) in [5, 5.41) is 3.36. The molecule has 0 saturated carbocycles. The Hall–Kier alpha value is -2.25. The normalized spacial score (nSPS) is 15.4. The number of nitrogens with zero attached hydrogens (tertiary/aromatic N) is 2. The third kappa shape index (κ3) is 5.92. The van der Waals surface area contributed by atoms with Gasteiger partial charge in [0, 0.05) is 23.8 Å². The van der Waals surface area contributed by atoms with Crippen LogP contribution < -0.4 is 14.5 Å². The summed E-state index contributed by atoms with van der Waals surface area (Å²) < 4.78 is 25.8. The lowest BCUT2D eigenvalue weighted by Crippen LogP contribution is -2.41. The van der Waals surface area contributed by atoms with E-state index in [1.165, 1.54) is 24.9 Å². The van der Waals surface area contributed by atoms with E-state index in [1.807, 2.05) is 19.1 Å². The van der Waals surface area contributed by atoms with E-state index in [2.05, 4.69) is 22.3 Å². The first-order valence-electron chi connectivity index (χ1n) is 10.5. The second kappa shape index (κ2) is 9.92. The summed E-state index contributed by atoms with van der Waals surface area (Å²) in [5.74, 6) is -0.377. The average molecular weight is 464 g/mol. The van der Waals surface area contributed by atoms with Gasteiger partial charge in [0.05, 0.1) is 18.0 Å². The van der Waals surface area contributed by atoms with Crippen LogP contribution in [0, 0.1) is 6.92 Å². The fraction of sp³-hybridized carbons (Fsp3) is 0.435. The largest absolute Gasteiger partial charge is 0.372 e. The monoisotopic (exact) mass is 463 g/mol. The Kier molecular flexibility index (Phi) is 7.49. The third-order valence-corrected chi connectivity index (χ3v) is 7.22. The summed E-state index contributed by atoms with van der Waals surface area (Å²) >= 11 is 6.15. The summed E-state index contributed by atoms with van der Waals surface area (Å²) in [7, 11) is -3.66. The van der Waals surface area contributed by atoms with E-state index in [0.717, 1.165) is 29.2 Å². The number of hydrogen-bond acceptors (Lipinski definition) is 4. The second-order valence-electron chi connectivity index (χ2n) is 8.08. The Balaban J connectivity index is 1.68. The maximum absolute atomic E-state index is 12.7. The quantitative estimate of drug-likeness (QED) is 0.665. The molecule has 1 aliphatic heterocycles. The highest BCUT2D eigenvalue weighted by atomic mass is 35.5. The van der Waals surface area contributed by atoms with Crippen molar-refractivity contribution >= 4 is 38.9 Å². The lowest BCUT2D eigenvalue weighted by molar-refractivity contribution is -0.120. The Labute approximate surface area is 190 Å². The van der Waals surface area contributed by atoms with E-state index in [9.17, 15) is 13.2 Å². The molecule has 0 radical (unpaired) electrons. The molecule has 0 aliphatic carbocycles. The zero-order chi connectivity index (χ0) is 22.6. The maximum atomic E-state index is 12.7. The molecule has 0 bridgehead atoms. The van der Waals surface area contributed by atoms with Crippen LogP contribution in [0.1, 0.15) is 43.4 Å². The number of rotatable bonds is 7. The number of carbonyl (C=O) groups excluding carboxylic acids is 1. The van der Waals surface area contributed by atoms with Gasteiger partial charge in [-0.25, -0.2) is 8.42 Å². The van der Waals surface area contributed by atoms with Crippen molar-refractivity contribution in [2.24, 2.45) is 0 Å². The summed E-state index contributed by atoms with van der Waals surface area (Å²) in [6, 6.07) is 13.0. The van der Waals surface area contributed by atoms with Gasteiger partial charge in [-0.1, -0.05) is 29.8 Å². The van der Waals surface area contributed by atoms with Crippen molar-refractivity contribution in [2.45, 2.75) is 39.2 Å². The first-order valence-corrected chi connectivity index (χ1v) is 12.8. The number of nitrogens with one attached hydrogen (secondary N) is 1. The van der Waals surface area contributed by atoms with Crippen LogP contribution in [0.5, 0.6) is 0 Å². The molecule has 1 fully saturated rings. The molecule has 8 heteroatoms. The molecule has 1 amide bonds. The molecule has 0 aromatic heterocycles. The van der Waals surface area contributed by atoms with E-state index in [1.54, 1.807) is 25.1 Å². The van der Waals surface area contributed by atoms with Crippen LogP contribution >= 0.6 is 11.6 Å². The molecule has 1 N–H and O–H groups in total. The number of piperidine rings is 1. The van der Waals surface area contributed by atoms with Gasteiger partial charge >= 0.3 is 0 Å². The highest BCUT2D eigenvalue weighted by molar-refractivity contribution is 7.92. The van der Waals surface area contributed by atoms with Crippen molar-refractivity contribution in [3.05, 3.63) is 58.6 Å². The van der Waals surface area contributed by atoms with Gasteiger partial charge in [0.25, 0.3) is 0 Å². The number of amides is 1. The minimum Gasteiger partial charge on any atom is -0.372 e. The molecule has 2 aromatic rings. The highest BCUT2D eigenvalue weighted by Gasteiger charge is 2.24. The van der Waals surface area contributed by atoms with Gasteiger partial charge in [-0.3, -0.25) is 9.10 Å². The first-order chi connectivity index (χ1) is 14.7. The number of anilines is 2. The van der Waals surface area contributed by atoms with Crippen molar-refractivity contribution in [3.8, 4) is 0 Å². The van der Waals surface area contributed by atoms with E-state index in [-0.39, 0.29) is 18.5 Å². The van der Waals surface area contributed by atoms with Gasteiger partial charge in [0.2, 0.25) is 15.9 Å². The lowest BCUT2D eigenvalue weighted by Gasteiger charge is -2.29. The maximum Gasteiger partial charge on any atom is 0.241 e. The molecule has 6 nitrogen and oxygen atoms in total. The van der Waals surface area contributed by atoms with Crippen LogP contribution in [-0.4, -0.2) is 40.2 Å². The first kappa shape index (κ1) is 23.4. The zero-order valence-corrected chi connectivity index (χ0v) is 19.8. The second-order valence-corrected chi connectivity index (χ2v) is 10.4. The number of benzene rings is 2. The number of sulfonamides is 1. The minimum atomic E-state index is -3.66. The highest BCUT2D eigenvalue weighted by Crippen LogP contribution is 2.28. The van der Waals surface area contributed by atoms with Crippen LogP contribution in [0.4, 0.5) is 11.4 Å². The average Bonchev–Trinajstić information content (AvgIpc) is 2.74. The van der Waals surface area contributed by atoms with E-state index < -0.39 is 10.0 Å². The minimum absolute atomic E-state index is 0.246. The van der Waals surface area contributed by atoms with Gasteiger partial charge in [-0.2, -0.15) is 0 Å². The fourth-order valence-electron chi connectivity index (χ4n) is 3.87. The molecule has 3 rings (SSSR count). The van der Waals surface area contributed by atoms with E-state index in [0.29, 0.717) is 16.3 Å². The smallest absolute Gasteiger partial charge is 0.241 e. The summed E-state index contributed by atoms with van der Waals surface area (Å²) in [6.45, 7) is 5.48. The predicted octanol–water partition coefficient (Wildman–Crippen LogP) is 4.28. The predicted molar refractivity (Wildman–Crippen MR) is 127 cm³/mol. The van der Waals surface area contributed by atoms with Crippen LogP contribution in [0.15, 0.2) is 42.5 Å². The molecule has 1 aliphatic rings. The number of carbonyl (C=O) groups is 1. The SMILES string of the molecule is Cc1c(Cl)cccc1N(CC(=O)NC(C)c1ccc(N2CCCCC2)cc1)S(C)(=O)=O.